The monoisotopic (exact) mass is 279 g/mol. The van der Waals surface area contributed by atoms with Crippen LogP contribution >= 0.6 is 0 Å². The molecule has 1 heterocycles. The number of hydrogen-bond acceptors (Lipinski definition) is 3. The number of anilines is 1. The van der Waals surface area contributed by atoms with Crippen molar-refractivity contribution in [2.24, 2.45) is 5.92 Å². The summed E-state index contributed by atoms with van der Waals surface area (Å²) in [4.78, 5) is 25.8. The Bertz CT molecular complexity index is 566. The van der Waals surface area contributed by atoms with Crippen LogP contribution < -0.4 is 4.90 Å². The summed E-state index contributed by atoms with van der Waals surface area (Å²) < 4.78 is 12.0. The molecule has 0 spiro atoms. The van der Waals surface area contributed by atoms with E-state index in [4.69, 9.17) is 0 Å². The van der Waals surface area contributed by atoms with Crippen molar-refractivity contribution in [1.29, 1.82) is 0 Å². The van der Waals surface area contributed by atoms with Crippen LogP contribution in [0.25, 0.3) is 0 Å². The van der Waals surface area contributed by atoms with E-state index in [1.54, 1.807) is 23.1 Å². The van der Waals surface area contributed by atoms with E-state index in [9.17, 15) is 13.8 Å². The van der Waals surface area contributed by atoms with Crippen molar-refractivity contribution in [1.82, 2.24) is 0 Å². The second kappa shape index (κ2) is 5.25. The molecule has 1 aliphatic heterocycles. The molecule has 0 N–H and O–H groups in total. The Kier molecular flexibility index (Phi) is 3.85. The van der Waals surface area contributed by atoms with E-state index in [-0.39, 0.29) is 17.4 Å². The minimum absolute atomic E-state index is 0.0269. The number of amides is 1. The SMILES string of the molecule is CC(=O)c1ccc2c(c1)N(CC(C)C)C(=O)CS2=O. The summed E-state index contributed by atoms with van der Waals surface area (Å²) in [5.41, 5.74) is 1.16. The molecular weight excluding hydrogens is 262 g/mol. The van der Waals surface area contributed by atoms with Gasteiger partial charge in [0.05, 0.1) is 21.4 Å². The van der Waals surface area contributed by atoms with E-state index in [0.29, 0.717) is 28.6 Å². The van der Waals surface area contributed by atoms with Crippen molar-refractivity contribution in [2.75, 3.05) is 17.2 Å². The zero-order chi connectivity index (χ0) is 14.2. The number of fused-ring (bicyclic) bond motifs is 1. The molecule has 1 aliphatic rings. The highest BCUT2D eigenvalue weighted by Crippen LogP contribution is 2.30. The number of rotatable bonds is 3. The summed E-state index contributed by atoms with van der Waals surface area (Å²) >= 11 is 0. The zero-order valence-corrected chi connectivity index (χ0v) is 12.1. The minimum Gasteiger partial charge on any atom is -0.310 e. The first-order valence-electron chi connectivity index (χ1n) is 6.24. The molecule has 0 radical (unpaired) electrons. The molecule has 0 fully saturated rings. The molecule has 5 heteroatoms. The van der Waals surface area contributed by atoms with Crippen molar-refractivity contribution < 1.29 is 13.8 Å². The summed E-state index contributed by atoms with van der Waals surface area (Å²) in [5, 5.41) is 0. The number of carbonyl (C=O) groups is 2. The first-order valence-corrected chi connectivity index (χ1v) is 7.55. The largest absolute Gasteiger partial charge is 0.310 e. The smallest absolute Gasteiger partial charge is 0.240 e. The van der Waals surface area contributed by atoms with Crippen molar-refractivity contribution >= 4 is 28.2 Å². The molecule has 1 aromatic rings. The van der Waals surface area contributed by atoms with E-state index < -0.39 is 10.8 Å². The number of Topliss-reactive ketones (excluding diaryl/α,β-unsaturated/α-hetero) is 1. The number of hydrogen-bond donors (Lipinski definition) is 0. The molecular formula is C14H17NO3S. The van der Waals surface area contributed by atoms with E-state index >= 15 is 0 Å². The first-order chi connectivity index (χ1) is 8.90. The average molecular weight is 279 g/mol. The van der Waals surface area contributed by atoms with Gasteiger partial charge in [-0.05, 0) is 25.0 Å². The zero-order valence-electron chi connectivity index (χ0n) is 11.3. The number of benzene rings is 1. The second-order valence-electron chi connectivity index (χ2n) is 5.13. The Morgan fingerprint density at radius 2 is 2.11 bits per heavy atom. The molecule has 0 aliphatic carbocycles. The quantitative estimate of drug-likeness (QED) is 0.795. The highest BCUT2D eigenvalue weighted by atomic mass is 32.2. The van der Waals surface area contributed by atoms with Gasteiger partial charge in [-0.25, -0.2) is 0 Å². The Hall–Kier alpha value is -1.49. The number of carbonyl (C=O) groups excluding carboxylic acids is 2. The van der Waals surface area contributed by atoms with Gasteiger partial charge in [0.1, 0.15) is 5.75 Å². The van der Waals surface area contributed by atoms with Crippen LogP contribution in [0.5, 0.6) is 0 Å². The van der Waals surface area contributed by atoms with Crippen LogP contribution in [0.3, 0.4) is 0 Å². The predicted molar refractivity (Wildman–Crippen MR) is 74.9 cm³/mol. The molecule has 0 bridgehead atoms. The summed E-state index contributed by atoms with van der Waals surface area (Å²) in [6, 6.07) is 5.04. The maximum atomic E-state index is 12.0. The van der Waals surface area contributed by atoms with Crippen LogP contribution in [0.1, 0.15) is 31.1 Å². The van der Waals surface area contributed by atoms with Crippen molar-refractivity contribution in [3.05, 3.63) is 23.8 Å². The number of nitrogens with zero attached hydrogens (tertiary/aromatic N) is 1. The summed E-state index contributed by atoms with van der Waals surface area (Å²) in [5.74, 6) is 0.139. The van der Waals surface area contributed by atoms with E-state index in [1.807, 2.05) is 13.8 Å². The standard InChI is InChI=1S/C14H17NO3S/c1-9(2)7-15-12-6-11(10(3)16)4-5-13(12)19(18)8-14(15)17/h4-6,9H,7-8H2,1-3H3. The summed E-state index contributed by atoms with van der Waals surface area (Å²) in [6.45, 7) is 6.10. The molecule has 1 amide bonds. The molecule has 0 aromatic heterocycles. The number of ketones is 1. The molecule has 2 rings (SSSR count). The maximum Gasteiger partial charge on any atom is 0.240 e. The third-order valence-corrected chi connectivity index (χ3v) is 4.35. The fraction of sp³-hybridized carbons (Fsp3) is 0.429. The highest BCUT2D eigenvalue weighted by Gasteiger charge is 2.29. The van der Waals surface area contributed by atoms with Gasteiger partial charge < -0.3 is 4.90 Å². The van der Waals surface area contributed by atoms with Crippen LogP contribution in [0.15, 0.2) is 23.1 Å². The Labute approximate surface area is 115 Å². The second-order valence-corrected chi connectivity index (χ2v) is 6.55. The Morgan fingerprint density at radius 3 is 2.68 bits per heavy atom. The van der Waals surface area contributed by atoms with Gasteiger partial charge in [0.15, 0.2) is 5.78 Å². The van der Waals surface area contributed by atoms with E-state index in [1.165, 1.54) is 6.92 Å². The lowest BCUT2D eigenvalue weighted by Crippen LogP contribution is -2.41. The Morgan fingerprint density at radius 1 is 1.42 bits per heavy atom. The van der Waals surface area contributed by atoms with Gasteiger partial charge in [-0.1, -0.05) is 19.9 Å². The third kappa shape index (κ3) is 2.76. The molecule has 1 aromatic carbocycles. The van der Waals surface area contributed by atoms with Crippen LogP contribution in [0.2, 0.25) is 0 Å². The molecule has 19 heavy (non-hydrogen) atoms. The van der Waals surface area contributed by atoms with Gasteiger partial charge in [0.25, 0.3) is 0 Å². The lowest BCUT2D eigenvalue weighted by molar-refractivity contribution is -0.116. The molecule has 102 valence electrons. The van der Waals surface area contributed by atoms with Gasteiger partial charge in [0.2, 0.25) is 5.91 Å². The normalized spacial score (nSPS) is 18.6. The summed E-state index contributed by atoms with van der Waals surface area (Å²) in [7, 11) is -1.30. The van der Waals surface area contributed by atoms with Crippen molar-refractivity contribution in [3.63, 3.8) is 0 Å². The van der Waals surface area contributed by atoms with Gasteiger partial charge in [0, 0.05) is 12.1 Å². The first kappa shape index (κ1) is 13.9. The molecule has 4 nitrogen and oxygen atoms in total. The minimum atomic E-state index is -1.30. The van der Waals surface area contributed by atoms with Gasteiger partial charge in [-0.3, -0.25) is 13.8 Å². The third-order valence-electron chi connectivity index (χ3n) is 3.00. The molecule has 1 atom stereocenters. The fourth-order valence-corrected chi connectivity index (χ4v) is 3.27. The molecule has 1 unspecified atom stereocenters. The fourth-order valence-electron chi connectivity index (χ4n) is 2.11. The lowest BCUT2D eigenvalue weighted by atomic mass is 10.1. The van der Waals surface area contributed by atoms with Gasteiger partial charge in [-0.15, -0.1) is 0 Å². The molecule has 0 saturated heterocycles. The van der Waals surface area contributed by atoms with E-state index in [2.05, 4.69) is 0 Å². The highest BCUT2D eigenvalue weighted by molar-refractivity contribution is 7.86. The topological polar surface area (TPSA) is 54.5 Å². The van der Waals surface area contributed by atoms with Crippen LogP contribution in [-0.2, 0) is 15.6 Å². The van der Waals surface area contributed by atoms with E-state index in [0.717, 1.165) is 0 Å². The Balaban J connectivity index is 2.52. The van der Waals surface area contributed by atoms with Crippen molar-refractivity contribution in [2.45, 2.75) is 25.7 Å². The predicted octanol–water partition coefficient (Wildman–Crippen LogP) is 2.00. The van der Waals surface area contributed by atoms with Crippen LogP contribution in [0, 0.1) is 5.92 Å². The molecule has 0 saturated carbocycles. The maximum absolute atomic E-state index is 12.0. The lowest BCUT2D eigenvalue weighted by Gasteiger charge is -2.30. The van der Waals surface area contributed by atoms with Crippen LogP contribution in [0.4, 0.5) is 5.69 Å². The average Bonchev–Trinajstić information content (AvgIpc) is 2.33. The van der Waals surface area contributed by atoms with Gasteiger partial charge in [-0.2, -0.15) is 0 Å². The van der Waals surface area contributed by atoms with Gasteiger partial charge >= 0.3 is 0 Å². The van der Waals surface area contributed by atoms with Crippen LogP contribution in [-0.4, -0.2) is 28.2 Å². The summed E-state index contributed by atoms with van der Waals surface area (Å²) in [6.07, 6.45) is 0. The van der Waals surface area contributed by atoms with Crippen molar-refractivity contribution in [3.8, 4) is 0 Å².